The van der Waals surface area contributed by atoms with E-state index >= 15 is 0 Å². The van der Waals surface area contributed by atoms with Crippen molar-refractivity contribution in [2.75, 3.05) is 12.3 Å². The number of rotatable bonds is 5. The molecule has 11 heteroatoms. The van der Waals surface area contributed by atoms with Crippen LogP contribution >= 0.6 is 0 Å². The number of anilines is 1. The highest BCUT2D eigenvalue weighted by molar-refractivity contribution is 6.83. The van der Waals surface area contributed by atoms with Crippen molar-refractivity contribution in [3.63, 3.8) is 0 Å². The molecule has 2 aliphatic heterocycles. The molecule has 3 heterocycles. The van der Waals surface area contributed by atoms with Gasteiger partial charge >= 0.3 is 22.8 Å². The number of nitrogens with two attached hydrogens (primary N) is 1. The minimum Gasteiger partial charge on any atom is -0.414 e. The van der Waals surface area contributed by atoms with Crippen molar-refractivity contribution < 1.29 is 22.8 Å². The third kappa shape index (κ3) is 4.24. The van der Waals surface area contributed by atoms with E-state index < -0.39 is 47.4 Å². The van der Waals surface area contributed by atoms with Crippen LogP contribution in [0.2, 0.25) is 22.2 Å². The van der Waals surface area contributed by atoms with E-state index in [1.54, 1.807) is 0 Å². The number of ether oxygens (including phenoxy) is 1. The standard InChI is InChI=1S/C21H39N3O6Si2/c1-12(2)31(13(3)4)27-11-16-19(29-32(30-31,14(5)6)15(7)8)18(25)20(28-16)24-10-9-17(22)23-21(24)26/h9-10,12-16,18-20,25H,11H2,1-8H3,(H2,22,23,26)/t16?,18-,19-,20-/m1/s1. The van der Waals surface area contributed by atoms with Crippen LogP contribution < -0.4 is 11.4 Å². The first-order valence-electron chi connectivity index (χ1n) is 11.6. The molecule has 1 aromatic heterocycles. The molecular formula is C21H39N3O6Si2. The van der Waals surface area contributed by atoms with Crippen LogP contribution in [0.4, 0.5) is 5.82 Å². The molecule has 0 radical (unpaired) electrons. The minimum atomic E-state index is -2.89. The smallest absolute Gasteiger partial charge is 0.351 e. The van der Waals surface area contributed by atoms with E-state index in [0.717, 1.165) is 0 Å². The maximum Gasteiger partial charge on any atom is 0.351 e. The Kier molecular flexibility index (Phi) is 7.40. The van der Waals surface area contributed by atoms with Gasteiger partial charge in [-0.2, -0.15) is 4.98 Å². The van der Waals surface area contributed by atoms with Crippen LogP contribution in [-0.4, -0.2) is 56.7 Å². The highest BCUT2D eigenvalue weighted by atomic mass is 28.5. The molecule has 32 heavy (non-hydrogen) atoms. The lowest BCUT2D eigenvalue weighted by Crippen LogP contribution is -2.65. The van der Waals surface area contributed by atoms with Crippen molar-refractivity contribution >= 4 is 22.9 Å². The van der Waals surface area contributed by atoms with Crippen LogP contribution in [0.1, 0.15) is 61.6 Å². The summed E-state index contributed by atoms with van der Waals surface area (Å²) in [6, 6.07) is 1.51. The normalized spacial score (nSPS) is 30.0. The first-order valence-corrected chi connectivity index (χ1v) is 15.5. The monoisotopic (exact) mass is 485 g/mol. The zero-order valence-electron chi connectivity index (χ0n) is 20.4. The molecule has 0 aromatic carbocycles. The second-order valence-corrected chi connectivity index (χ2v) is 19.0. The predicted octanol–water partition coefficient (Wildman–Crippen LogP) is 3.04. The lowest BCUT2D eigenvalue weighted by Gasteiger charge is -2.51. The van der Waals surface area contributed by atoms with Crippen LogP contribution in [0.15, 0.2) is 17.1 Å². The highest BCUT2D eigenvalue weighted by Crippen LogP contribution is 2.48. The average molecular weight is 486 g/mol. The van der Waals surface area contributed by atoms with E-state index in [4.69, 9.17) is 23.4 Å². The zero-order chi connectivity index (χ0) is 24.0. The van der Waals surface area contributed by atoms with Gasteiger partial charge in [0.05, 0.1) is 6.61 Å². The van der Waals surface area contributed by atoms with Gasteiger partial charge in [-0.15, -0.1) is 0 Å². The molecule has 0 spiro atoms. The summed E-state index contributed by atoms with van der Waals surface area (Å²) in [5.74, 6) is 0.119. The molecule has 2 aliphatic rings. The summed E-state index contributed by atoms with van der Waals surface area (Å²) in [5.41, 5.74) is 5.72. The van der Waals surface area contributed by atoms with E-state index in [1.807, 2.05) is 0 Å². The summed E-state index contributed by atoms with van der Waals surface area (Å²) >= 11 is 0. The van der Waals surface area contributed by atoms with E-state index in [2.05, 4.69) is 60.4 Å². The SMILES string of the molecule is CC(C)[Si]1(C(C)C)OCC2O[C@@H](n3ccc(N)nc3=O)[C@H](O)[C@@H]2O[Si](C(C)C)(C(C)C)O1. The van der Waals surface area contributed by atoms with Crippen molar-refractivity contribution in [3.8, 4) is 0 Å². The van der Waals surface area contributed by atoms with Gasteiger partial charge in [-0.3, -0.25) is 4.57 Å². The number of nitrogen functional groups attached to an aromatic ring is 1. The van der Waals surface area contributed by atoms with Gasteiger partial charge in [0.25, 0.3) is 0 Å². The topological polar surface area (TPSA) is 118 Å². The van der Waals surface area contributed by atoms with Crippen LogP contribution in [0.25, 0.3) is 0 Å². The summed E-state index contributed by atoms with van der Waals surface area (Å²) in [6.07, 6.45) is -1.73. The molecule has 0 amide bonds. The van der Waals surface area contributed by atoms with Crippen molar-refractivity contribution in [1.82, 2.24) is 9.55 Å². The summed E-state index contributed by atoms with van der Waals surface area (Å²) in [4.78, 5) is 16.2. The van der Waals surface area contributed by atoms with Gasteiger partial charge in [-0.05, 0) is 28.2 Å². The number of hydrogen-bond acceptors (Lipinski definition) is 8. The number of nitrogens with zero attached hydrogens (tertiary/aromatic N) is 2. The zero-order valence-corrected chi connectivity index (χ0v) is 22.4. The van der Waals surface area contributed by atoms with E-state index in [0.29, 0.717) is 0 Å². The van der Waals surface area contributed by atoms with E-state index in [9.17, 15) is 9.90 Å². The molecule has 0 saturated carbocycles. The second kappa shape index (κ2) is 9.28. The van der Waals surface area contributed by atoms with Crippen molar-refractivity contribution in [2.45, 2.75) is 102 Å². The Morgan fingerprint density at radius 2 is 1.62 bits per heavy atom. The summed E-state index contributed by atoms with van der Waals surface area (Å²) in [7, 11) is -5.59. The van der Waals surface area contributed by atoms with Gasteiger partial charge in [-0.25, -0.2) is 4.79 Å². The number of fused-ring (bicyclic) bond motifs is 1. The van der Waals surface area contributed by atoms with Gasteiger partial charge in [0.15, 0.2) is 6.23 Å². The molecule has 2 fully saturated rings. The Bertz CT molecular complexity index is 846. The summed E-state index contributed by atoms with van der Waals surface area (Å²) in [6.45, 7) is 17.3. The van der Waals surface area contributed by atoms with Crippen LogP contribution in [-0.2, 0) is 17.7 Å². The molecule has 3 N–H and O–H groups in total. The number of hydrogen-bond donors (Lipinski definition) is 2. The van der Waals surface area contributed by atoms with Gasteiger partial charge in [0.2, 0.25) is 0 Å². The Morgan fingerprint density at radius 3 is 2.12 bits per heavy atom. The lowest BCUT2D eigenvalue weighted by atomic mass is 10.1. The quantitative estimate of drug-likeness (QED) is 0.611. The third-order valence-corrected chi connectivity index (χ3v) is 17.0. The number of aromatic nitrogens is 2. The number of aliphatic hydroxyl groups excluding tert-OH is 1. The molecule has 2 saturated heterocycles. The largest absolute Gasteiger partial charge is 0.414 e. The molecule has 182 valence electrons. The molecule has 3 rings (SSSR count). The average Bonchev–Trinajstić information content (AvgIpc) is 2.96. The fraction of sp³-hybridized carbons (Fsp3) is 0.810. The van der Waals surface area contributed by atoms with Gasteiger partial charge < -0.3 is 28.5 Å². The Morgan fingerprint density at radius 1 is 1.06 bits per heavy atom. The summed E-state index contributed by atoms with van der Waals surface area (Å²) < 4.78 is 28.1. The third-order valence-electron chi connectivity index (χ3n) is 6.77. The first kappa shape index (κ1) is 25.5. The molecular weight excluding hydrogens is 446 g/mol. The van der Waals surface area contributed by atoms with Crippen LogP contribution in [0.5, 0.6) is 0 Å². The van der Waals surface area contributed by atoms with Crippen molar-refractivity contribution in [3.05, 3.63) is 22.7 Å². The maximum atomic E-state index is 12.4. The second-order valence-electron chi connectivity index (χ2n) is 10.2. The number of aliphatic hydroxyl groups is 1. The fourth-order valence-corrected chi connectivity index (χ4v) is 16.2. The molecule has 4 atom stereocenters. The van der Waals surface area contributed by atoms with Gasteiger partial charge in [-0.1, -0.05) is 55.4 Å². The molecule has 0 aliphatic carbocycles. The molecule has 9 nitrogen and oxygen atoms in total. The Labute approximate surface area is 192 Å². The lowest BCUT2D eigenvalue weighted by molar-refractivity contribution is -0.0600. The van der Waals surface area contributed by atoms with Crippen molar-refractivity contribution in [2.24, 2.45) is 0 Å². The Balaban J connectivity index is 2.07. The van der Waals surface area contributed by atoms with Gasteiger partial charge in [0, 0.05) is 6.20 Å². The fourth-order valence-electron chi connectivity index (χ4n) is 4.99. The highest BCUT2D eigenvalue weighted by Gasteiger charge is 2.61. The molecule has 0 bridgehead atoms. The first-order chi connectivity index (χ1) is 14.9. The van der Waals surface area contributed by atoms with Crippen LogP contribution in [0.3, 0.4) is 0 Å². The molecule has 1 unspecified atom stereocenters. The van der Waals surface area contributed by atoms with Crippen LogP contribution in [0, 0.1) is 0 Å². The summed E-state index contributed by atoms with van der Waals surface area (Å²) in [5, 5.41) is 11.2. The maximum absolute atomic E-state index is 12.4. The van der Waals surface area contributed by atoms with Crippen molar-refractivity contribution in [1.29, 1.82) is 0 Å². The molecule has 1 aromatic rings. The van der Waals surface area contributed by atoms with E-state index in [1.165, 1.54) is 16.8 Å². The van der Waals surface area contributed by atoms with Gasteiger partial charge in [0.1, 0.15) is 24.1 Å². The predicted molar refractivity (Wildman–Crippen MR) is 127 cm³/mol. The van der Waals surface area contributed by atoms with E-state index in [-0.39, 0.29) is 34.6 Å². The Hall–Kier alpha value is -1.09. The minimum absolute atomic E-state index is 0.119.